The number of azide groups is 1. The second-order valence-corrected chi connectivity index (χ2v) is 3.61. The van der Waals surface area contributed by atoms with Crippen LogP contribution in [-0.4, -0.2) is 9.78 Å². The highest BCUT2D eigenvalue weighted by atomic mass is 15.3. The molecule has 0 N–H and O–H groups in total. The Hall–Kier alpha value is -2.26. The van der Waals surface area contributed by atoms with Crippen molar-refractivity contribution < 1.29 is 0 Å². The van der Waals surface area contributed by atoms with E-state index < -0.39 is 0 Å². The highest BCUT2D eigenvalue weighted by Gasteiger charge is 2.09. The van der Waals surface area contributed by atoms with Crippen LogP contribution in [0.1, 0.15) is 12.5 Å². The van der Waals surface area contributed by atoms with Gasteiger partial charge in [-0.2, -0.15) is 5.10 Å². The second-order valence-electron chi connectivity index (χ2n) is 3.61. The van der Waals surface area contributed by atoms with Crippen molar-refractivity contribution in [1.29, 1.82) is 0 Å². The summed E-state index contributed by atoms with van der Waals surface area (Å²) in [6, 6.07) is 9.91. The summed E-state index contributed by atoms with van der Waals surface area (Å²) in [4.78, 5) is 2.79. The van der Waals surface area contributed by atoms with E-state index in [1.165, 1.54) is 0 Å². The summed E-state index contributed by atoms with van der Waals surface area (Å²) in [7, 11) is 0. The fraction of sp³-hybridized carbons (Fsp3) is 0.250. The molecule has 0 amide bonds. The van der Waals surface area contributed by atoms with Gasteiger partial charge in [0.25, 0.3) is 0 Å². The SMILES string of the molecule is CCn1cc(CN=[N+]=[N-])c(-c2ccccc2)n1. The quantitative estimate of drug-likeness (QED) is 0.448. The molecule has 86 valence electrons. The molecule has 5 heteroatoms. The number of aryl methyl sites for hydroxylation is 1. The Balaban J connectivity index is 2.44. The van der Waals surface area contributed by atoms with Gasteiger partial charge in [0, 0.05) is 28.8 Å². The van der Waals surface area contributed by atoms with Gasteiger partial charge in [-0.3, -0.25) is 4.68 Å². The lowest BCUT2D eigenvalue weighted by Crippen LogP contribution is -1.93. The van der Waals surface area contributed by atoms with E-state index in [-0.39, 0.29) is 0 Å². The van der Waals surface area contributed by atoms with Gasteiger partial charge in [-0.15, -0.1) is 0 Å². The zero-order valence-electron chi connectivity index (χ0n) is 9.61. The Labute approximate surface area is 99.3 Å². The summed E-state index contributed by atoms with van der Waals surface area (Å²) in [5, 5.41) is 8.09. The van der Waals surface area contributed by atoms with Crippen LogP contribution in [-0.2, 0) is 13.1 Å². The normalized spacial score (nSPS) is 9.94. The maximum Gasteiger partial charge on any atom is 0.0956 e. The molecule has 0 aliphatic carbocycles. The fourth-order valence-electron chi connectivity index (χ4n) is 1.69. The second kappa shape index (κ2) is 5.18. The van der Waals surface area contributed by atoms with E-state index in [0.29, 0.717) is 6.54 Å². The van der Waals surface area contributed by atoms with E-state index in [1.807, 2.05) is 48.1 Å². The molecule has 2 aromatic rings. The summed E-state index contributed by atoms with van der Waals surface area (Å²) in [6.45, 7) is 3.16. The lowest BCUT2D eigenvalue weighted by Gasteiger charge is -1.98. The van der Waals surface area contributed by atoms with Crippen LogP contribution in [0.15, 0.2) is 41.6 Å². The predicted octanol–water partition coefficient (Wildman–Crippen LogP) is 3.38. The largest absolute Gasteiger partial charge is 0.272 e. The van der Waals surface area contributed by atoms with Crippen molar-refractivity contribution in [2.75, 3.05) is 0 Å². The van der Waals surface area contributed by atoms with Crippen LogP contribution < -0.4 is 0 Å². The Bertz CT molecular complexity index is 537. The van der Waals surface area contributed by atoms with Gasteiger partial charge in [0.05, 0.1) is 12.2 Å². The maximum absolute atomic E-state index is 8.38. The summed E-state index contributed by atoms with van der Waals surface area (Å²) in [5.74, 6) is 0. The van der Waals surface area contributed by atoms with E-state index in [4.69, 9.17) is 5.53 Å². The van der Waals surface area contributed by atoms with Crippen LogP contribution in [0, 0.1) is 0 Å². The first-order chi connectivity index (χ1) is 8.35. The molecule has 0 aliphatic heterocycles. The smallest absolute Gasteiger partial charge is 0.0956 e. The first-order valence-corrected chi connectivity index (χ1v) is 5.47. The first-order valence-electron chi connectivity index (χ1n) is 5.47. The maximum atomic E-state index is 8.38. The molecule has 0 unspecified atom stereocenters. The molecule has 2 rings (SSSR count). The molecule has 0 aliphatic rings. The molecule has 1 aromatic carbocycles. The number of aromatic nitrogens is 2. The molecule has 17 heavy (non-hydrogen) atoms. The molecular formula is C12H13N5. The topological polar surface area (TPSA) is 66.6 Å². The highest BCUT2D eigenvalue weighted by molar-refractivity contribution is 5.62. The summed E-state index contributed by atoms with van der Waals surface area (Å²) >= 11 is 0. The lowest BCUT2D eigenvalue weighted by molar-refractivity contribution is 0.661. The molecule has 0 atom stereocenters. The van der Waals surface area contributed by atoms with E-state index in [1.54, 1.807) is 0 Å². The van der Waals surface area contributed by atoms with Crippen LogP contribution in [0.25, 0.3) is 21.7 Å². The van der Waals surface area contributed by atoms with Crippen molar-refractivity contribution in [2.45, 2.75) is 20.0 Å². The average molecular weight is 227 g/mol. The third-order valence-electron chi connectivity index (χ3n) is 2.51. The minimum absolute atomic E-state index is 0.334. The van der Waals surface area contributed by atoms with Crippen molar-refractivity contribution in [3.63, 3.8) is 0 Å². The van der Waals surface area contributed by atoms with E-state index in [2.05, 4.69) is 15.1 Å². The molecule has 5 nitrogen and oxygen atoms in total. The van der Waals surface area contributed by atoms with Gasteiger partial charge in [-0.25, -0.2) is 0 Å². The monoisotopic (exact) mass is 227 g/mol. The molecule has 0 radical (unpaired) electrons. The zero-order valence-corrected chi connectivity index (χ0v) is 9.61. The average Bonchev–Trinajstić information content (AvgIpc) is 2.80. The summed E-state index contributed by atoms with van der Waals surface area (Å²) in [5.41, 5.74) is 11.3. The van der Waals surface area contributed by atoms with Gasteiger partial charge in [0.15, 0.2) is 0 Å². The molecule has 0 spiro atoms. The highest BCUT2D eigenvalue weighted by Crippen LogP contribution is 2.22. The molecule has 0 fully saturated rings. The zero-order chi connectivity index (χ0) is 12.1. The van der Waals surface area contributed by atoms with E-state index >= 15 is 0 Å². The van der Waals surface area contributed by atoms with Crippen molar-refractivity contribution in [3.8, 4) is 11.3 Å². The van der Waals surface area contributed by atoms with Crippen LogP contribution in [0.3, 0.4) is 0 Å². The minimum Gasteiger partial charge on any atom is -0.272 e. The number of hydrogen-bond donors (Lipinski definition) is 0. The van der Waals surface area contributed by atoms with Gasteiger partial charge in [-0.05, 0) is 12.5 Å². The Morgan fingerprint density at radius 3 is 2.76 bits per heavy atom. The predicted molar refractivity (Wildman–Crippen MR) is 66.2 cm³/mol. The van der Waals surface area contributed by atoms with Gasteiger partial charge in [0.2, 0.25) is 0 Å². The standard InChI is InChI=1S/C12H13N5/c1-2-17-9-11(8-14-16-13)12(15-17)10-6-4-3-5-7-10/h3-7,9H,2,8H2,1H3. The third kappa shape index (κ3) is 2.46. The van der Waals surface area contributed by atoms with Crippen molar-refractivity contribution in [3.05, 3.63) is 52.5 Å². The van der Waals surface area contributed by atoms with Crippen molar-refractivity contribution in [2.24, 2.45) is 5.11 Å². The Morgan fingerprint density at radius 1 is 1.35 bits per heavy atom. The van der Waals surface area contributed by atoms with Gasteiger partial charge < -0.3 is 0 Å². The summed E-state index contributed by atoms with van der Waals surface area (Å²) < 4.78 is 1.85. The van der Waals surface area contributed by atoms with E-state index in [9.17, 15) is 0 Å². The Kier molecular flexibility index (Phi) is 3.43. The first kappa shape index (κ1) is 11.2. The lowest BCUT2D eigenvalue weighted by atomic mass is 10.1. The van der Waals surface area contributed by atoms with Crippen molar-refractivity contribution >= 4 is 0 Å². The number of benzene rings is 1. The fourth-order valence-corrected chi connectivity index (χ4v) is 1.69. The Morgan fingerprint density at radius 2 is 2.12 bits per heavy atom. The van der Waals surface area contributed by atoms with Crippen LogP contribution in [0.4, 0.5) is 0 Å². The molecule has 0 bridgehead atoms. The number of rotatable bonds is 4. The van der Waals surface area contributed by atoms with Gasteiger partial charge in [-0.1, -0.05) is 35.4 Å². The van der Waals surface area contributed by atoms with Crippen molar-refractivity contribution in [1.82, 2.24) is 9.78 Å². The minimum atomic E-state index is 0.334. The molecule has 1 aromatic heterocycles. The molecule has 0 saturated carbocycles. The van der Waals surface area contributed by atoms with Crippen LogP contribution in [0.2, 0.25) is 0 Å². The number of nitrogens with zero attached hydrogens (tertiary/aromatic N) is 5. The third-order valence-corrected chi connectivity index (χ3v) is 2.51. The number of hydrogen-bond acceptors (Lipinski definition) is 2. The van der Waals surface area contributed by atoms with Gasteiger partial charge >= 0.3 is 0 Å². The summed E-state index contributed by atoms with van der Waals surface area (Å²) in [6.07, 6.45) is 1.93. The van der Waals surface area contributed by atoms with Crippen LogP contribution >= 0.6 is 0 Å². The molecule has 1 heterocycles. The molecular weight excluding hydrogens is 214 g/mol. The molecule has 0 saturated heterocycles. The van der Waals surface area contributed by atoms with Crippen LogP contribution in [0.5, 0.6) is 0 Å². The van der Waals surface area contributed by atoms with E-state index in [0.717, 1.165) is 23.4 Å². The van der Waals surface area contributed by atoms with Gasteiger partial charge in [0.1, 0.15) is 0 Å².